The highest BCUT2D eigenvalue weighted by Gasteiger charge is 2.27. The normalized spacial score (nSPS) is 20.4. The Bertz CT molecular complexity index is 713. The number of thioether (sulfide) groups is 1. The first-order chi connectivity index (χ1) is 13.6. The first-order valence-electron chi connectivity index (χ1n) is 9.20. The predicted octanol–water partition coefficient (Wildman–Crippen LogP) is 5.29. The summed E-state index contributed by atoms with van der Waals surface area (Å²) in [7, 11) is 8.21. The fourth-order valence-corrected chi connectivity index (χ4v) is 4.61. The molecule has 154 valence electrons. The Kier molecular flexibility index (Phi) is 8.64. The van der Waals surface area contributed by atoms with E-state index in [4.69, 9.17) is 23.7 Å². The summed E-state index contributed by atoms with van der Waals surface area (Å²) in [6, 6.07) is 4.08. The van der Waals surface area contributed by atoms with Crippen LogP contribution >= 0.6 is 11.8 Å². The summed E-state index contributed by atoms with van der Waals surface area (Å²) >= 11 is 1.93. The second-order valence-corrected chi connectivity index (χ2v) is 7.64. The van der Waals surface area contributed by atoms with Gasteiger partial charge in [-0.2, -0.15) is 0 Å². The smallest absolute Gasteiger partial charge is 0.203 e. The van der Waals surface area contributed by atoms with E-state index in [0.717, 1.165) is 18.6 Å². The van der Waals surface area contributed by atoms with Crippen LogP contribution < -0.4 is 14.2 Å². The largest absolute Gasteiger partial charge is 0.493 e. The van der Waals surface area contributed by atoms with E-state index < -0.39 is 0 Å². The molecule has 1 heterocycles. The van der Waals surface area contributed by atoms with E-state index in [1.807, 2.05) is 49.0 Å². The summed E-state index contributed by atoms with van der Waals surface area (Å²) in [5.41, 5.74) is 1.18. The highest BCUT2D eigenvalue weighted by atomic mass is 32.2. The SMILES string of the molecule is C\C=C/C(OC)=C(\C=C\C1CCC(c2cc(OC)c(OC)c(OC)c2)S1)OC. The van der Waals surface area contributed by atoms with E-state index in [2.05, 4.69) is 6.08 Å². The summed E-state index contributed by atoms with van der Waals surface area (Å²) in [5, 5.41) is 0.772. The molecule has 0 bridgehead atoms. The monoisotopic (exact) mass is 406 g/mol. The van der Waals surface area contributed by atoms with Gasteiger partial charge in [-0.25, -0.2) is 0 Å². The lowest BCUT2D eigenvalue weighted by molar-refractivity contribution is 0.241. The number of allylic oxidation sites excluding steroid dienone is 3. The lowest BCUT2D eigenvalue weighted by Crippen LogP contribution is -1.98. The number of hydrogen-bond donors (Lipinski definition) is 0. The van der Waals surface area contributed by atoms with Gasteiger partial charge in [0, 0.05) is 10.5 Å². The molecule has 0 radical (unpaired) electrons. The van der Waals surface area contributed by atoms with Crippen LogP contribution in [0.4, 0.5) is 0 Å². The number of ether oxygens (including phenoxy) is 5. The molecule has 0 spiro atoms. The van der Waals surface area contributed by atoms with Gasteiger partial charge in [0.25, 0.3) is 0 Å². The van der Waals surface area contributed by atoms with Crippen LogP contribution in [0.15, 0.2) is 48.0 Å². The third-order valence-corrected chi connectivity index (χ3v) is 6.15. The molecule has 2 unspecified atom stereocenters. The first kappa shape index (κ1) is 22.1. The zero-order chi connectivity index (χ0) is 20.5. The minimum absolute atomic E-state index is 0.371. The Morgan fingerprint density at radius 3 is 2.00 bits per heavy atom. The Morgan fingerprint density at radius 1 is 0.893 bits per heavy atom. The number of benzene rings is 1. The molecule has 0 aliphatic carbocycles. The van der Waals surface area contributed by atoms with Crippen molar-refractivity contribution in [3.63, 3.8) is 0 Å². The summed E-state index contributed by atoms with van der Waals surface area (Å²) in [6.45, 7) is 1.95. The van der Waals surface area contributed by atoms with Gasteiger partial charge in [0.15, 0.2) is 23.0 Å². The van der Waals surface area contributed by atoms with Crippen LogP contribution in [0.5, 0.6) is 17.2 Å². The van der Waals surface area contributed by atoms with Crippen LogP contribution in [0.1, 0.15) is 30.6 Å². The number of methoxy groups -OCH3 is 5. The third kappa shape index (κ3) is 5.19. The molecule has 1 fully saturated rings. The van der Waals surface area contributed by atoms with Crippen LogP contribution in [0, 0.1) is 0 Å². The maximum Gasteiger partial charge on any atom is 0.203 e. The number of hydrogen-bond acceptors (Lipinski definition) is 6. The third-order valence-electron chi connectivity index (χ3n) is 4.57. The van der Waals surface area contributed by atoms with E-state index in [1.54, 1.807) is 35.5 Å². The molecule has 2 rings (SSSR count). The molecular weight excluding hydrogens is 376 g/mol. The average Bonchev–Trinajstić information content (AvgIpc) is 3.21. The molecule has 1 aliphatic rings. The van der Waals surface area contributed by atoms with E-state index >= 15 is 0 Å². The van der Waals surface area contributed by atoms with Gasteiger partial charge < -0.3 is 23.7 Å². The summed E-state index contributed by atoms with van der Waals surface area (Å²) in [5.74, 6) is 3.44. The van der Waals surface area contributed by atoms with Crippen molar-refractivity contribution in [3.05, 3.63) is 53.5 Å². The molecular formula is C22H30O5S. The van der Waals surface area contributed by atoms with Gasteiger partial charge in [-0.3, -0.25) is 0 Å². The van der Waals surface area contributed by atoms with Crippen molar-refractivity contribution < 1.29 is 23.7 Å². The standard InChI is InChI=1S/C22H30O5S/c1-7-8-17(23-2)18(24-3)11-9-16-10-12-21(28-16)15-13-19(25-4)22(27-6)20(14-15)26-5/h7-9,11,13-14,16,21H,10,12H2,1-6H3/b8-7-,11-9+,18-17-. The average molecular weight is 407 g/mol. The Morgan fingerprint density at radius 2 is 1.50 bits per heavy atom. The van der Waals surface area contributed by atoms with E-state index in [1.165, 1.54) is 5.56 Å². The molecule has 28 heavy (non-hydrogen) atoms. The summed E-state index contributed by atoms with van der Waals surface area (Å²) < 4.78 is 27.3. The highest BCUT2D eigenvalue weighted by Crippen LogP contribution is 2.49. The van der Waals surface area contributed by atoms with Crippen LogP contribution in [-0.4, -0.2) is 40.8 Å². The Balaban J connectivity index is 2.17. The van der Waals surface area contributed by atoms with Crippen molar-refractivity contribution in [2.24, 2.45) is 0 Å². The van der Waals surface area contributed by atoms with E-state index in [0.29, 0.717) is 33.5 Å². The van der Waals surface area contributed by atoms with E-state index in [9.17, 15) is 0 Å². The molecule has 5 nitrogen and oxygen atoms in total. The quantitative estimate of drug-likeness (QED) is 0.410. The van der Waals surface area contributed by atoms with Crippen molar-refractivity contribution >= 4 is 11.8 Å². The zero-order valence-electron chi connectivity index (χ0n) is 17.5. The molecule has 1 aliphatic heterocycles. The topological polar surface area (TPSA) is 46.2 Å². The molecule has 0 amide bonds. The molecule has 0 aromatic heterocycles. The lowest BCUT2D eigenvalue weighted by Gasteiger charge is -2.17. The summed E-state index contributed by atoms with van der Waals surface area (Å²) in [6.07, 6.45) is 10.2. The van der Waals surface area contributed by atoms with Crippen molar-refractivity contribution in [1.82, 2.24) is 0 Å². The second kappa shape index (κ2) is 11.0. The number of rotatable bonds is 9. The highest BCUT2D eigenvalue weighted by molar-refractivity contribution is 8.00. The minimum Gasteiger partial charge on any atom is -0.493 e. The van der Waals surface area contributed by atoms with Gasteiger partial charge in [-0.1, -0.05) is 12.2 Å². The van der Waals surface area contributed by atoms with Crippen molar-refractivity contribution in [3.8, 4) is 17.2 Å². The Hall–Kier alpha value is -2.21. The lowest BCUT2D eigenvalue weighted by atomic mass is 10.1. The molecule has 0 saturated carbocycles. The molecule has 1 aromatic rings. The summed E-state index contributed by atoms with van der Waals surface area (Å²) in [4.78, 5) is 0. The van der Waals surface area contributed by atoms with Crippen LogP contribution in [0.3, 0.4) is 0 Å². The predicted molar refractivity (Wildman–Crippen MR) is 114 cm³/mol. The molecule has 6 heteroatoms. The van der Waals surface area contributed by atoms with Gasteiger partial charge in [0.05, 0.1) is 35.5 Å². The van der Waals surface area contributed by atoms with Crippen LogP contribution in [0.25, 0.3) is 0 Å². The van der Waals surface area contributed by atoms with Gasteiger partial charge in [-0.15, -0.1) is 11.8 Å². The minimum atomic E-state index is 0.371. The van der Waals surface area contributed by atoms with Crippen LogP contribution in [0.2, 0.25) is 0 Å². The molecule has 1 saturated heterocycles. The van der Waals surface area contributed by atoms with Gasteiger partial charge in [0.1, 0.15) is 0 Å². The molecule has 1 aromatic carbocycles. The van der Waals surface area contributed by atoms with Crippen molar-refractivity contribution in [2.75, 3.05) is 35.5 Å². The Labute approximate surface area is 172 Å². The fraction of sp³-hybridized carbons (Fsp3) is 0.455. The van der Waals surface area contributed by atoms with Gasteiger partial charge in [-0.05, 0) is 49.6 Å². The molecule has 0 N–H and O–H groups in total. The second-order valence-electron chi connectivity index (χ2n) is 6.20. The maximum atomic E-state index is 5.49. The van der Waals surface area contributed by atoms with Crippen molar-refractivity contribution in [1.29, 1.82) is 0 Å². The molecule has 2 atom stereocenters. The van der Waals surface area contributed by atoms with E-state index in [-0.39, 0.29) is 0 Å². The zero-order valence-corrected chi connectivity index (χ0v) is 18.3. The van der Waals surface area contributed by atoms with Gasteiger partial charge in [0.2, 0.25) is 5.75 Å². The fourth-order valence-electron chi connectivity index (χ4n) is 3.18. The van der Waals surface area contributed by atoms with Crippen LogP contribution in [-0.2, 0) is 9.47 Å². The first-order valence-corrected chi connectivity index (χ1v) is 10.1. The van der Waals surface area contributed by atoms with Crippen molar-refractivity contribution in [2.45, 2.75) is 30.3 Å². The maximum absolute atomic E-state index is 5.49. The van der Waals surface area contributed by atoms with Gasteiger partial charge >= 0.3 is 0 Å².